The monoisotopic (exact) mass is 356 g/mol. The van der Waals surface area contributed by atoms with Gasteiger partial charge in [-0.3, -0.25) is 0 Å². The molecule has 0 radical (unpaired) electrons. The molecule has 0 spiro atoms. The Morgan fingerprint density at radius 2 is 1.88 bits per heavy atom. The van der Waals surface area contributed by atoms with Gasteiger partial charge in [-0.05, 0) is 68.7 Å². The van der Waals surface area contributed by atoms with Crippen molar-refractivity contribution in [2.75, 3.05) is 11.9 Å². The van der Waals surface area contributed by atoms with Crippen LogP contribution in [0.5, 0.6) is 0 Å². The third kappa shape index (κ3) is 5.03. The molecule has 2 aromatic carbocycles. The number of esters is 1. The number of aryl methyl sites for hydroxylation is 2. The topological polar surface area (TPSA) is 50.4 Å². The van der Waals surface area contributed by atoms with Gasteiger partial charge in [0.25, 0.3) is 0 Å². The predicted octanol–water partition coefficient (Wildman–Crippen LogP) is 4.53. The largest absolute Gasteiger partial charge is 0.462 e. The third-order valence-corrected chi connectivity index (χ3v) is 4.22. The molecule has 0 aromatic heterocycles. The fourth-order valence-corrected chi connectivity index (χ4v) is 2.89. The fraction of sp³-hybridized carbons (Fsp3) is 0.300. The molecule has 2 aromatic rings. The molecule has 1 unspecified atom stereocenters. The molecule has 0 saturated heterocycles. The van der Waals surface area contributed by atoms with Crippen LogP contribution in [0.1, 0.15) is 46.9 Å². The Bertz CT molecular complexity index is 774. The van der Waals surface area contributed by atoms with Gasteiger partial charge in [0.2, 0.25) is 0 Å². The van der Waals surface area contributed by atoms with E-state index in [1.807, 2.05) is 25.1 Å². The highest BCUT2D eigenvalue weighted by atomic mass is 32.1. The molecule has 132 valence electrons. The molecule has 2 N–H and O–H groups in total. The minimum absolute atomic E-state index is 0.0785. The van der Waals surface area contributed by atoms with Gasteiger partial charge in [-0.1, -0.05) is 30.3 Å². The van der Waals surface area contributed by atoms with E-state index in [1.54, 1.807) is 19.1 Å². The zero-order chi connectivity index (χ0) is 18.4. The van der Waals surface area contributed by atoms with E-state index in [9.17, 15) is 4.79 Å². The van der Waals surface area contributed by atoms with Crippen molar-refractivity contribution >= 4 is 29.0 Å². The van der Waals surface area contributed by atoms with Crippen LogP contribution in [0.15, 0.2) is 42.5 Å². The summed E-state index contributed by atoms with van der Waals surface area (Å²) >= 11 is 5.44. The molecule has 0 fully saturated rings. The summed E-state index contributed by atoms with van der Waals surface area (Å²) in [5, 5.41) is 6.98. The summed E-state index contributed by atoms with van der Waals surface area (Å²) in [7, 11) is 0. The van der Waals surface area contributed by atoms with Crippen LogP contribution in [-0.2, 0) is 4.74 Å². The number of rotatable bonds is 5. The first kappa shape index (κ1) is 18.9. The van der Waals surface area contributed by atoms with Gasteiger partial charge in [-0.25, -0.2) is 4.79 Å². The average molecular weight is 356 g/mol. The normalized spacial score (nSPS) is 11.5. The Kier molecular flexibility index (Phi) is 6.53. The summed E-state index contributed by atoms with van der Waals surface area (Å²) in [6.45, 7) is 8.25. The zero-order valence-corrected chi connectivity index (χ0v) is 15.9. The number of nitrogens with one attached hydrogen (secondary N) is 2. The molecule has 25 heavy (non-hydrogen) atoms. The van der Waals surface area contributed by atoms with Crippen molar-refractivity contribution in [2.45, 2.75) is 33.7 Å². The van der Waals surface area contributed by atoms with Crippen LogP contribution in [-0.4, -0.2) is 17.7 Å². The van der Waals surface area contributed by atoms with Crippen molar-refractivity contribution in [3.05, 3.63) is 64.7 Å². The van der Waals surface area contributed by atoms with Crippen LogP contribution in [0.4, 0.5) is 5.69 Å². The molecule has 1 atom stereocenters. The molecule has 0 bridgehead atoms. The lowest BCUT2D eigenvalue weighted by molar-refractivity contribution is 0.0526. The predicted molar refractivity (Wildman–Crippen MR) is 106 cm³/mol. The number of ether oxygens (including phenoxy) is 1. The number of benzene rings is 2. The molecule has 0 aliphatic heterocycles. The highest BCUT2D eigenvalue weighted by Gasteiger charge is 2.12. The minimum Gasteiger partial charge on any atom is -0.462 e. The van der Waals surface area contributed by atoms with Gasteiger partial charge in [0.15, 0.2) is 5.11 Å². The van der Waals surface area contributed by atoms with Gasteiger partial charge < -0.3 is 15.4 Å². The molecule has 2 rings (SSSR count). The maximum atomic E-state index is 11.9. The van der Waals surface area contributed by atoms with E-state index in [4.69, 9.17) is 17.0 Å². The first-order valence-corrected chi connectivity index (χ1v) is 8.74. The summed E-state index contributed by atoms with van der Waals surface area (Å²) in [6, 6.07) is 13.7. The number of thiocarbonyl (C=S) groups is 1. The number of hydrogen-bond donors (Lipinski definition) is 2. The van der Waals surface area contributed by atoms with Crippen LogP contribution in [0.3, 0.4) is 0 Å². The second-order valence-electron chi connectivity index (χ2n) is 5.93. The molecule has 4 nitrogen and oxygen atoms in total. The fourth-order valence-electron chi connectivity index (χ4n) is 2.60. The second kappa shape index (κ2) is 8.62. The van der Waals surface area contributed by atoms with Crippen LogP contribution < -0.4 is 10.6 Å². The van der Waals surface area contributed by atoms with E-state index in [0.717, 1.165) is 11.3 Å². The van der Waals surface area contributed by atoms with Crippen LogP contribution in [0.2, 0.25) is 0 Å². The van der Waals surface area contributed by atoms with Crippen LogP contribution >= 0.6 is 12.2 Å². The van der Waals surface area contributed by atoms with E-state index < -0.39 is 0 Å². The maximum Gasteiger partial charge on any atom is 0.338 e. The van der Waals surface area contributed by atoms with Gasteiger partial charge in [0.1, 0.15) is 0 Å². The lowest BCUT2D eigenvalue weighted by atomic mass is 10.0. The van der Waals surface area contributed by atoms with Crippen LogP contribution in [0.25, 0.3) is 0 Å². The van der Waals surface area contributed by atoms with E-state index in [-0.39, 0.29) is 12.0 Å². The Balaban J connectivity index is 2.08. The minimum atomic E-state index is -0.335. The summed E-state index contributed by atoms with van der Waals surface area (Å²) < 4.78 is 5.05. The van der Waals surface area contributed by atoms with E-state index in [1.165, 1.54) is 11.1 Å². The van der Waals surface area contributed by atoms with Gasteiger partial charge in [-0.2, -0.15) is 0 Å². The molecule has 5 heteroatoms. The van der Waals surface area contributed by atoms with Gasteiger partial charge in [-0.15, -0.1) is 0 Å². The third-order valence-electron chi connectivity index (χ3n) is 4.00. The summed E-state index contributed by atoms with van der Waals surface area (Å²) in [4.78, 5) is 11.9. The van der Waals surface area contributed by atoms with E-state index in [2.05, 4.69) is 36.6 Å². The Labute approximate surface area is 154 Å². The van der Waals surface area contributed by atoms with Crippen molar-refractivity contribution in [2.24, 2.45) is 0 Å². The van der Waals surface area contributed by atoms with Crippen molar-refractivity contribution in [1.82, 2.24) is 5.32 Å². The summed E-state index contributed by atoms with van der Waals surface area (Å²) in [5.74, 6) is -0.335. The van der Waals surface area contributed by atoms with Crippen molar-refractivity contribution in [1.29, 1.82) is 0 Å². The lowest BCUT2D eigenvalue weighted by Crippen LogP contribution is -2.31. The zero-order valence-electron chi connectivity index (χ0n) is 15.1. The van der Waals surface area contributed by atoms with Gasteiger partial charge in [0, 0.05) is 5.69 Å². The molecule has 0 heterocycles. The SMILES string of the molecule is CCOC(=O)c1ccc(C)c(NC(=S)NC(C)c2ccccc2C)c1. The lowest BCUT2D eigenvalue weighted by Gasteiger charge is -2.20. The number of carbonyl (C=O) groups is 1. The second-order valence-corrected chi connectivity index (χ2v) is 6.34. The molecular formula is C20H24N2O2S. The molecule has 0 aliphatic rings. The van der Waals surface area contributed by atoms with Crippen molar-refractivity contribution < 1.29 is 9.53 Å². The number of hydrogen-bond acceptors (Lipinski definition) is 3. The smallest absolute Gasteiger partial charge is 0.338 e. The number of carbonyl (C=O) groups excluding carboxylic acids is 1. The maximum absolute atomic E-state index is 11.9. The first-order chi connectivity index (χ1) is 11.9. The average Bonchev–Trinajstić information content (AvgIpc) is 2.57. The molecular weight excluding hydrogens is 332 g/mol. The summed E-state index contributed by atoms with van der Waals surface area (Å²) in [5.41, 5.74) is 4.71. The quantitative estimate of drug-likeness (QED) is 0.609. The Morgan fingerprint density at radius 1 is 1.16 bits per heavy atom. The highest BCUT2D eigenvalue weighted by Crippen LogP contribution is 2.19. The standard InChI is InChI=1S/C20H24N2O2S/c1-5-24-19(23)16-11-10-14(3)18(12-16)22-20(25)21-15(4)17-9-7-6-8-13(17)2/h6-12,15H,5H2,1-4H3,(H2,21,22,25). The first-order valence-electron chi connectivity index (χ1n) is 8.33. The number of anilines is 1. The van der Waals surface area contributed by atoms with Crippen molar-refractivity contribution in [3.8, 4) is 0 Å². The Hall–Kier alpha value is -2.40. The highest BCUT2D eigenvalue weighted by molar-refractivity contribution is 7.80. The van der Waals surface area contributed by atoms with Crippen LogP contribution in [0, 0.1) is 13.8 Å². The van der Waals surface area contributed by atoms with E-state index in [0.29, 0.717) is 17.3 Å². The van der Waals surface area contributed by atoms with E-state index >= 15 is 0 Å². The molecule has 0 amide bonds. The van der Waals surface area contributed by atoms with Gasteiger partial charge >= 0.3 is 5.97 Å². The molecule has 0 saturated carbocycles. The summed E-state index contributed by atoms with van der Waals surface area (Å²) in [6.07, 6.45) is 0. The van der Waals surface area contributed by atoms with Crippen molar-refractivity contribution in [3.63, 3.8) is 0 Å². The van der Waals surface area contributed by atoms with Gasteiger partial charge in [0.05, 0.1) is 18.2 Å². The molecule has 0 aliphatic carbocycles. The Morgan fingerprint density at radius 3 is 2.56 bits per heavy atom.